The third-order valence-electron chi connectivity index (χ3n) is 2.79. The molecule has 0 aliphatic carbocycles. The van der Waals surface area contributed by atoms with Gasteiger partial charge < -0.3 is 10.1 Å². The van der Waals surface area contributed by atoms with Gasteiger partial charge in [-0.25, -0.2) is 8.42 Å². The average Bonchev–Trinajstić information content (AvgIpc) is 2.40. The van der Waals surface area contributed by atoms with E-state index in [1.807, 2.05) is 26.0 Å². The molecule has 1 aromatic carbocycles. The summed E-state index contributed by atoms with van der Waals surface area (Å²) in [5.74, 6) is -0.0367. The zero-order valence-electron chi connectivity index (χ0n) is 13.1. The van der Waals surface area contributed by atoms with Crippen LogP contribution >= 0.6 is 0 Å². The molecule has 0 radical (unpaired) electrons. The summed E-state index contributed by atoms with van der Waals surface area (Å²) in [7, 11) is -3.35. The summed E-state index contributed by atoms with van der Waals surface area (Å²) < 4.78 is 31.6. The second-order valence-corrected chi connectivity index (χ2v) is 7.06. The maximum atomic E-state index is 11.9. The van der Waals surface area contributed by atoms with Gasteiger partial charge in [-0.1, -0.05) is 19.1 Å². The first-order valence-corrected chi connectivity index (χ1v) is 9.00. The van der Waals surface area contributed by atoms with Crippen LogP contribution in [0.5, 0.6) is 0 Å². The Kier molecular flexibility index (Phi) is 7.71. The number of hydrogen-bond donors (Lipinski definition) is 2. The standard InChI is InChI=1S/C15H26N2O3S/c1-4-9-16-12-14-5-7-15(8-6-14)17-21(18,19)11-10-20-13(2)3/h5-8,13,16-17H,4,9-12H2,1-3H3. The number of hydrogen-bond acceptors (Lipinski definition) is 4. The van der Waals surface area contributed by atoms with Gasteiger partial charge in [-0.3, -0.25) is 4.72 Å². The molecule has 0 heterocycles. The molecule has 0 fully saturated rings. The van der Waals surface area contributed by atoms with Gasteiger partial charge in [0.05, 0.1) is 18.5 Å². The van der Waals surface area contributed by atoms with Gasteiger partial charge in [0.1, 0.15) is 0 Å². The molecule has 21 heavy (non-hydrogen) atoms. The van der Waals surface area contributed by atoms with Gasteiger partial charge in [-0.05, 0) is 44.5 Å². The Balaban J connectivity index is 2.46. The van der Waals surface area contributed by atoms with Crippen molar-refractivity contribution in [3.8, 4) is 0 Å². The topological polar surface area (TPSA) is 67.4 Å². The third-order valence-corrected chi connectivity index (χ3v) is 4.04. The van der Waals surface area contributed by atoms with E-state index in [-0.39, 0.29) is 18.5 Å². The Labute approximate surface area is 128 Å². The molecule has 0 saturated heterocycles. The molecule has 6 heteroatoms. The van der Waals surface area contributed by atoms with Crippen molar-refractivity contribution in [3.63, 3.8) is 0 Å². The fourth-order valence-corrected chi connectivity index (χ4v) is 2.64. The largest absolute Gasteiger partial charge is 0.378 e. The molecule has 0 spiro atoms. The number of rotatable bonds is 10. The van der Waals surface area contributed by atoms with Crippen LogP contribution in [-0.4, -0.2) is 33.4 Å². The zero-order chi connectivity index (χ0) is 15.7. The minimum Gasteiger partial charge on any atom is -0.378 e. The van der Waals surface area contributed by atoms with Crippen LogP contribution in [0.3, 0.4) is 0 Å². The van der Waals surface area contributed by atoms with E-state index < -0.39 is 10.0 Å². The van der Waals surface area contributed by atoms with Crippen LogP contribution in [0.25, 0.3) is 0 Å². The van der Waals surface area contributed by atoms with Crippen molar-refractivity contribution in [1.29, 1.82) is 0 Å². The smallest absolute Gasteiger partial charge is 0.234 e. The molecular weight excluding hydrogens is 288 g/mol. The van der Waals surface area contributed by atoms with Gasteiger partial charge in [0, 0.05) is 12.2 Å². The molecule has 1 rings (SSSR count). The van der Waals surface area contributed by atoms with E-state index in [4.69, 9.17) is 4.74 Å². The Morgan fingerprint density at radius 2 is 1.86 bits per heavy atom. The fourth-order valence-electron chi connectivity index (χ4n) is 1.72. The van der Waals surface area contributed by atoms with E-state index in [1.165, 1.54) is 0 Å². The van der Waals surface area contributed by atoms with Crippen LogP contribution in [-0.2, 0) is 21.3 Å². The molecule has 0 unspecified atom stereocenters. The highest BCUT2D eigenvalue weighted by molar-refractivity contribution is 7.92. The molecular formula is C15H26N2O3S. The van der Waals surface area contributed by atoms with Crippen molar-refractivity contribution >= 4 is 15.7 Å². The van der Waals surface area contributed by atoms with Crippen LogP contribution in [0, 0.1) is 0 Å². The lowest BCUT2D eigenvalue weighted by Crippen LogP contribution is -2.21. The predicted molar refractivity (Wildman–Crippen MR) is 86.9 cm³/mol. The van der Waals surface area contributed by atoms with Crippen LogP contribution in [0.15, 0.2) is 24.3 Å². The first kappa shape index (κ1) is 17.9. The van der Waals surface area contributed by atoms with Crippen molar-refractivity contribution in [2.75, 3.05) is 23.6 Å². The monoisotopic (exact) mass is 314 g/mol. The van der Waals surface area contributed by atoms with Crippen molar-refractivity contribution in [2.45, 2.75) is 39.8 Å². The maximum absolute atomic E-state index is 11.9. The second kappa shape index (κ2) is 9.02. The fraction of sp³-hybridized carbons (Fsp3) is 0.600. The highest BCUT2D eigenvalue weighted by Crippen LogP contribution is 2.11. The summed E-state index contributed by atoms with van der Waals surface area (Å²) in [6.07, 6.45) is 1.13. The highest BCUT2D eigenvalue weighted by atomic mass is 32.2. The normalized spacial score (nSPS) is 11.8. The number of nitrogens with one attached hydrogen (secondary N) is 2. The van der Waals surface area contributed by atoms with Gasteiger partial charge in [0.2, 0.25) is 10.0 Å². The van der Waals surface area contributed by atoms with E-state index >= 15 is 0 Å². The summed E-state index contributed by atoms with van der Waals surface area (Å²) in [6.45, 7) is 7.85. The Hall–Kier alpha value is -1.11. The number of anilines is 1. The molecule has 0 aliphatic heterocycles. The molecule has 0 saturated carbocycles. The van der Waals surface area contributed by atoms with Crippen LogP contribution in [0.2, 0.25) is 0 Å². The first-order chi connectivity index (χ1) is 9.93. The Morgan fingerprint density at radius 1 is 1.19 bits per heavy atom. The van der Waals surface area contributed by atoms with E-state index in [9.17, 15) is 8.42 Å². The summed E-state index contributed by atoms with van der Waals surface area (Å²) in [6, 6.07) is 7.41. The molecule has 1 aromatic rings. The van der Waals surface area contributed by atoms with Crippen molar-refractivity contribution in [1.82, 2.24) is 5.32 Å². The van der Waals surface area contributed by atoms with Gasteiger partial charge in [0.15, 0.2) is 0 Å². The molecule has 5 nitrogen and oxygen atoms in total. The lowest BCUT2D eigenvalue weighted by molar-refractivity contribution is 0.0913. The zero-order valence-corrected chi connectivity index (χ0v) is 13.9. The maximum Gasteiger partial charge on any atom is 0.234 e. The van der Waals surface area contributed by atoms with E-state index in [2.05, 4.69) is 17.0 Å². The first-order valence-electron chi connectivity index (χ1n) is 7.34. The second-order valence-electron chi connectivity index (χ2n) is 5.21. The third kappa shape index (κ3) is 8.04. The molecule has 0 aliphatic rings. The van der Waals surface area contributed by atoms with E-state index in [0.717, 1.165) is 25.1 Å². The van der Waals surface area contributed by atoms with Crippen molar-refractivity contribution in [2.24, 2.45) is 0 Å². The molecule has 0 bridgehead atoms. The Morgan fingerprint density at radius 3 is 2.43 bits per heavy atom. The van der Waals surface area contributed by atoms with Gasteiger partial charge >= 0.3 is 0 Å². The quantitative estimate of drug-likeness (QED) is 0.651. The van der Waals surface area contributed by atoms with Crippen LogP contribution in [0.1, 0.15) is 32.8 Å². The van der Waals surface area contributed by atoms with Gasteiger partial charge in [-0.15, -0.1) is 0 Å². The Bertz CT molecular complexity index is 498. The van der Waals surface area contributed by atoms with Crippen molar-refractivity contribution < 1.29 is 13.2 Å². The van der Waals surface area contributed by atoms with E-state index in [1.54, 1.807) is 12.1 Å². The lowest BCUT2D eigenvalue weighted by Gasteiger charge is -2.11. The lowest BCUT2D eigenvalue weighted by atomic mass is 10.2. The number of ether oxygens (including phenoxy) is 1. The molecule has 120 valence electrons. The number of sulfonamides is 1. The summed E-state index contributed by atoms with van der Waals surface area (Å²) in [5.41, 5.74) is 1.72. The van der Waals surface area contributed by atoms with Crippen LogP contribution in [0.4, 0.5) is 5.69 Å². The SMILES string of the molecule is CCCNCc1ccc(NS(=O)(=O)CCOC(C)C)cc1. The molecule has 2 N–H and O–H groups in total. The minimum absolute atomic E-state index is 0.0367. The number of benzene rings is 1. The van der Waals surface area contributed by atoms with Gasteiger partial charge in [-0.2, -0.15) is 0 Å². The molecule has 0 atom stereocenters. The van der Waals surface area contributed by atoms with E-state index in [0.29, 0.717) is 5.69 Å². The predicted octanol–water partition coefficient (Wildman–Crippen LogP) is 2.35. The summed E-state index contributed by atoms with van der Waals surface area (Å²) >= 11 is 0. The highest BCUT2D eigenvalue weighted by Gasteiger charge is 2.10. The molecule has 0 aromatic heterocycles. The average molecular weight is 314 g/mol. The van der Waals surface area contributed by atoms with Crippen LogP contribution < -0.4 is 10.0 Å². The summed E-state index contributed by atoms with van der Waals surface area (Å²) in [4.78, 5) is 0. The van der Waals surface area contributed by atoms with Crippen molar-refractivity contribution in [3.05, 3.63) is 29.8 Å². The minimum atomic E-state index is -3.35. The summed E-state index contributed by atoms with van der Waals surface area (Å²) in [5, 5.41) is 3.30. The van der Waals surface area contributed by atoms with Gasteiger partial charge in [0.25, 0.3) is 0 Å². The molecule has 0 amide bonds.